The van der Waals surface area contributed by atoms with Gasteiger partial charge in [0.15, 0.2) is 0 Å². The maximum Gasteiger partial charge on any atom is 0.107 e. The Hall–Kier alpha value is -0.0800. The van der Waals surface area contributed by atoms with Crippen molar-refractivity contribution in [2.75, 3.05) is 20.2 Å². The Morgan fingerprint density at radius 3 is 2.33 bits per heavy atom. The molecule has 1 aliphatic heterocycles. The SMILES string of the molecule is COC(C)N1CCCC1. The summed E-state index contributed by atoms with van der Waals surface area (Å²) in [5.41, 5.74) is 0. The third-order valence-electron chi connectivity index (χ3n) is 2.00. The Kier molecular flexibility index (Phi) is 2.49. The van der Waals surface area contributed by atoms with Gasteiger partial charge in [0, 0.05) is 20.2 Å². The van der Waals surface area contributed by atoms with E-state index in [1.807, 2.05) is 0 Å². The van der Waals surface area contributed by atoms with Crippen LogP contribution in [0, 0.1) is 0 Å². The average Bonchev–Trinajstić information content (AvgIpc) is 2.37. The summed E-state index contributed by atoms with van der Waals surface area (Å²) in [6, 6.07) is 0. The average molecular weight is 129 g/mol. The minimum absolute atomic E-state index is 0.326. The molecule has 1 saturated heterocycles. The maximum absolute atomic E-state index is 5.16. The van der Waals surface area contributed by atoms with Gasteiger partial charge in [0.2, 0.25) is 0 Å². The summed E-state index contributed by atoms with van der Waals surface area (Å²) >= 11 is 0. The van der Waals surface area contributed by atoms with Crippen LogP contribution in [0.2, 0.25) is 0 Å². The summed E-state index contributed by atoms with van der Waals surface area (Å²) in [4.78, 5) is 2.36. The molecule has 1 fully saturated rings. The lowest BCUT2D eigenvalue weighted by molar-refractivity contribution is -0.00478. The molecule has 0 saturated carbocycles. The highest BCUT2D eigenvalue weighted by atomic mass is 16.5. The largest absolute Gasteiger partial charge is 0.367 e. The third-order valence-corrected chi connectivity index (χ3v) is 2.00. The summed E-state index contributed by atoms with van der Waals surface area (Å²) < 4.78 is 5.16. The van der Waals surface area contributed by atoms with Crippen LogP contribution in [-0.2, 0) is 4.74 Å². The zero-order chi connectivity index (χ0) is 6.69. The van der Waals surface area contributed by atoms with Gasteiger partial charge in [-0.05, 0) is 19.8 Å². The lowest BCUT2D eigenvalue weighted by atomic mass is 10.4. The number of hydrogen-bond acceptors (Lipinski definition) is 2. The lowest BCUT2D eigenvalue weighted by Crippen LogP contribution is -2.31. The van der Waals surface area contributed by atoms with Gasteiger partial charge >= 0.3 is 0 Å². The van der Waals surface area contributed by atoms with E-state index in [9.17, 15) is 0 Å². The van der Waals surface area contributed by atoms with Crippen LogP contribution in [0.15, 0.2) is 0 Å². The van der Waals surface area contributed by atoms with Crippen LogP contribution in [0.1, 0.15) is 19.8 Å². The van der Waals surface area contributed by atoms with E-state index in [-0.39, 0.29) is 0 Å². The first-order valence-electron chi connectivity index (χ1n) is 3.61. The summed E-state index contributed by atoms with van der Waals surface area (Å²) in [5.74, 6) is 0. The van der Waals surface area contributed by atoms with Crippen molar-refractivity contribution in [2.24, 2.45) is 0 Å². The summed E-state index contributed by atoms with van der Waals surface area (Å²) in [6.45, 7) is 4.54. The molecule has 1 aliphatic rings. The minimum Gasteiger partial charge on any atom is -0.367 e. The molecule has 0 spiro atoms. The lowest BCUT2D eigenvalue weighted by Gasteiger charge is -2.21. The molecule has 54 valence electrons. The van der Waals surface area contributed by atoms with Crippen molar-refractivity contribution < 1.29 is 4.74 Å². The topological polar surface area (TPSA) is 12.5 Å². The Morgan fingerprint density at radius 2 is 1.89 bits per heavy atom. The Labute approximate surface area is 56.8 Å². The van der Waals surface area contributed by atoms with Gasteiger partial charge in [-0.1, -0.05) is 0 Å². The Morgan fingerprint density at radius 1 is 1.33 bits per heavy atom. The fourth-order valence-electron chi connectivity index (χ4n) is 1.25. The molecule has 1 rings (SSSR count). The quantitative estimate of drug-likeness (QED) is 0.553. The predicted molar refractivity (Wildman–Crippen MR) is 37.3 cm³/mol. The van der Waals surface area contributed by atoms with Crippen LogP contribution in [0.25, 0.3) is 0 Å². The van der Waals surface area contributed by atoms with E-state index in [1.54, 1.807) is 7.11 Å². The molecule has 0 aromatic rings. The van der Waals surface area contributed by atoms with E-state index in [2.05, 4.69) is 11.8 Å². The van der Waals surface area contributed by atoms with Crippen molar-refractivity contribution >= 4 is 0 Å². The highest BCUT2D eigenvalue weighted by molar-refractivity contribution is 4.66. The van der Waals surface area contributed by atoms with Gasteiger partial charge in [0.1, 0.15) is 6.23 Å². The van der Waals surface area contributed by atoms with E-state index in [0.717, 1.165) is 0 Å². The van der Waals surface area contributed by atoms with E-state index >= 15 is 0 Å². The first kappa shape index (κ1) is 7.03. The van der Waals surface area contributed by atoms with Crippen LogP contribution in [0.3, 0.4) is 0 Å². The number of hydrogen-bond donors (Lipinski definition) is 0. The summed E-state index contributed by atoms with van der Waals surface area (Å²) in [5, 5.41) is 0. The fourth-order valence-corrected chi connectivity index (χ4v) is 1.25. The van der Waals surface area contributed by atoms with E-state index in [0.29, 0.717) is 6.23 Å². The van der Waals surface area contributed by atoms with Gasteiger partial charge in [-0.15, -0.1) is 0 Å². The van der Waals surface area contributed by atoms with Crippen molar-refractivity contribution in [3.05, 3.63) is 0 Å². The van der Waals surface area contributed by atoms with Crippen LogP contribution in [0.4, 0.5) is 0 Å². The minimum atomic E-state index is 0.326. The van der Waals surface area contributed by atoms with Gasteiger partial charge < -0.3 is 4.74 Å². The van der Waals surface area contributed by atoms with Crippen molar-refractivity contribution in [1.82, 2.24) is 4.90 Å². The summed E-state index contributed by atoms with van der Waals surface area (Å²) in [6.07, 6.45) is 3.01. The standard InChI is InChI=1S/C7H15NO/c1-7(9-2)8-5-3-4-6-8/h7H,3-6H2,1-2H3. The second kappa shape index (κ2) is 3.18. The van der Waals surface area contributed by atoms with Crippen LogP contribution in [-0.4, -0.2) is 31.3 Å². The highest BCUT2D eigenvalue weighted by Gasteiger charge is 2.16. The van der Waals surface area contributed by atoms with Gasteiger partial charge in [-0.2, -0.15) is 0 Å². The fraction of sp³-hybridized carbons (Fsp3) is 1.00. The number of nitrogens with zero attached hydrogens (tertiary/aromatic N) is 1. The molecule has 0 aromatic carbocycles. The van der Waals surface area contributed by atoms with E-state index in [4.69, 9.17) is 4.74 Å². The normalized spacial score (nSPS) is 24.7. The molecule has 9 heavy (non-hydrogen) atoms. The first-order valence-corrected chi connectivity index (χ1v) is 3.61. The number of rotatable bonds is 2. The molecule has 2 heteroatoms. The molecule has 0 radical (unpaired) electrons. The predicted octanol–water partition coefficient (Wildman–Crippen LogP) is 1.07. The van der Waals surface area contributed by atoms with Crippen LogP contribution >= 0.6 is 0 Å². The van der Waals surface area contributed by atoms with Gasteiger partial charge in [-0.25, -0.2) is 0 Å². The molecule has 0 bridgehead atoms. The number of ether oxygens (including phenoxy) is 1. The molecule has 0 aliphatic carbocycles. The van der Waals surface area contributed by atoms with Gasteiger partial charge in [0.25, 0.3) is 0 Å². The molecule has 0 aromatic heterocycles. The van der Waals surface area contributed by atoms with Crippen LogP contribution < -0.4 is 0 Å². The van der Waals surface area contributed by atoms with Crippen molar-refractivity contribution in [3.8, 4) is 0 Å². The second-order valence-corrected chi connectivity index (χ2v) is 2.58. The molecule has 0 N–H and O–H groups in total. The molecule has 2 nitrogen and oxygen atoms in total. The number of methoxy groups -OCH3 is 1. The molecule has 0 amide bonds. The van der Waals surface area contributed by atoms with Crippen molar-refractivity contribution in [2.45, 2.75) is 26.0 Å². The van der Waals surface area contributed by atoms with E-state index < -0.39 is 0 Å². The zero-order valence-corrected chi connectivity index (χ0v) is 6.26. The third kappa shape index (κ3) is 1.66. The van der Waals surface area contributed by atoms with Gasteiger partial charge in [0.05, 0.1) is 0 Å². The van der Waals surface area contributed by atoms with Gasteiger partial charge in [-0.3, -0.25) is 4.90 Å². The molecule has 1 heterocycles. The highest BCUT2D eigenvalue weighted by Crippen LogP contribution is 2.10. The zero-order valence-electron chi connectivity index (χ0n) is 6.26. The monoisotopic (exact) mass is 129 g/mol. The molecular formula is C7H15NO. The first-order chi connectivity index (χ1) is 4.34. The molecule has 1 atom stereocenters. The van der Waals surface area contributed by atoms with Crippen molar-refractivity contribution in [1.29, 1.82) is 0 Å². The Balaban J connectivity index is 2.24. The van der Waals surface area contributed by atoms with Crippen LogP contribution in [0.5, 0.6) is 0 Å². The molecular weight excluding hydrogens is 114 g/mol. The maximum atomic E-state index is 5.16. The summed E-state index contributed by atoms with van der Waals surface area (Å²) in [7, 11) is 1.77. The molecule has 1 unspecified atom stereocenters. The van der Waals surface area contributed by atoms with E-state index in [1.165, 1.54) is 25.9 Å². The smallest absolute Gasteiger partial charge is 0.107 e. The Bertz CT molecular complexity index is 79.0. The van der Waals surface area contributed by atoms with Crippen molar-refractivity contribution in [3.63, 3.8) is 0 Å². The second-order valence-electron chi connectivity index (χ2n) is 2.58. The number of likely N-dealkylation sites (tertiary alicyclic amines) is 1.